The van der Waals surface area contributed by atoms with E-state index in [4.69, 9.17) is 0 Å². The molecule has 38 heavy (non-hydrogen) atoms. The number of alkyl halides is 3. The monoisotopic (exact) mass is 563 g/mol. The Bertz CT molecular complexity index is 1590. The first-order valence-corrected chi connectivity index (χ1v) is 14.4. The first kappa shape index (κ1) is 26.4. The lowest BCUT2D eigenvalue weighted by Crippen LogP contribution is -2.46. The standard InChI is InChI=1S/C25H24F3N5O3S2/c1-31-7-9-32(10-8-31)24-30-23(34)22(37-24)12-16-3-6-21-18(11-16)14-29-33(21)15-17-4-5-19(38(2,35)36)13-20(17)25(26,27)28/h3-6,11-14H,7-10,15H2,1-2H3/b22-12-. The number of hydrogen-bond donors (Lipinski definition) is 0. The van der Waals surface area contributed by atoms with Gasteiger partial charge in [-0.2, -0.15) is 23.3 Å². The molecule has 0 N–H and O–H groups in total. The van der Waals surface area contributed by atoms with Crippen LogP contribution in [-0.2, 0) is 27.4 Å². The maximum Gasteiger partial charge on any atom is 0.416 e. The van der Waals surface area contributed by atoms with Crippen LogP contribution in [0.1, 0.15) is 16.7 Å². The summed E-state index contributed by atoms with van der Waals surface area (Å²) in [5.41, 5.74) is 0.240. The van der Waals surface area contributed by atoms with E-state index in [2.05, 4.69) is 26.9 Å². The topological polar surface area (TPSA) is 87.9 Å². The molecule has 1 fully saturated rings. The third-order valence-electron chi connectivity index (χ3n) is 6.48. The zero-order valence-corrected chi connectivity index (χ0v) is 22.2. The van der Waals surface area contributed by atoms with Gasteiger partial charge in [-0.3, -0.25) is 9.48 Å². The molecule has 13 heteroatoms. The molecule has 3 aromatic rings. The lowest BCUT2D eigenvalue weighted by Gasteiger charge is -2.32. The molecule has 0 aliphatic carbocycles. The highest BCUT2D eigenvalue weighted by Gasteiger charge is 2.34. The summed E-state index contributed by atoms with van der Waals surface area (Å²) >= 11 is 1.34. The van der Waals surface area contributed by atoms with Crippen molar-refractivity contribution in [1.82, 2.24) is 19.6 Å². The molecule has 2 aliphatic heterocycles. The van der Waals surface area contributed by atoms with Gasteiger partial charge in [0, 0.05) is 37.8 Å². The van der Waals surface area contributed by atoms with Crippen LogP contribution < -0.4 is 0 Å². The number of hydrogen-bond acceptors (Lipinski definition) is 7. The number of sulfone groups is 1. The van der Waals surface area contributed by atoms with E-state index in [9.17, 15) is 26.4 Å². The molecular formula is C25H24F3N5O3S2. The first-order chi connectivity index (χ1) is 17.9. The van der Waals surface area contributed by atoms with E-state index in [0.717, 1.165) is 38.0 Å². The number of piperazine rings is 1. The van der Waals surface area contributed by atoms with Gasteiger partial charge in [0.15, 0.2) is 15.0 Å². The maximum atomic E-state index is 13.7. The number of carbonyl (C=O) groups is 1. The van der Waals surface area contributed by atoms with Crippen molar-refractivity contribution >= 4 is 49.7 Å². The lowest BCUT2D eigenvalue weighted by atomic mass is 10.1. The molecule has 2 aromatic carbocycles. The van der Waals surface area contributed by atoms with E-state index >= 15 is 0 Å². The minimum atomic E-state index is -4.73. The quantitative estimate of drug-likeness (QED) is 0.447. The molecule has 5 rings (SSSR count). The van der Waals surface area contributed by atoms with E-state index in [1.807, 2.05) is 6.07 Å². The SMILES string of the molecule is CN1CCN(C2=NC(=O)/C(=C/c3ccc4c(cnn4Cc4ccc(S(C)(=O)=O)cc4C(F)(F)F)c3)S2)CC1. The van der Waals surface area contributed by atoms with Crippen LogP contribution in [0.4, 0.5) is 13.2 Å². The predicted octanol–water partition coefficient (Wildman–Crippen LogP) is 3.72. The van der Waals surface area contributed by atoms with E-state index in [0.29, 0.717) is 27.0 Å². The largest absolute Gasteiger partial charge is 0.416 e. The van der Waals surface area contributed by atoms with Gasteiger partial charge in [0.1, 0.15) is 0 Å². The number of aromatic nitrogens is 2. The van der Waals surface area contributed by atoms with Crippen molar-refractivity contribution in [2.45, 2.75) is 17.6 Å². The molecule has 0 atom stereocenters. The molecule has 1 saturated heterocycles. The van der Waals surface area contributed by atoms with Gasteiger partial charge in [0.25, 0.3) is 5.91 Å². The number of likely N-dealkylation sites (N-methyl/N-ethyl adjacent to an activating group) is 1. The number of amides is 1. The summed E-state index contributed by atoms with van der Waals surface area (Å²) < 4.78 is 66.2. The minimum absolute atomic E-state index is 0.0948. The first-order valence-electron chi connectivity index (χ1n) is 11.7. The average molecular weight is 564 g/mol. The van der Waals surface area contributed by atoms with Crippen molar-refractivity contribution in [1.29, 1.82) is 0 Å². The Morgan fingerprint density at radius 3 is 2.50 bits per heavy atom. The van der Waals surface area contributed by atoms with Gasteiger partial charge in [0.2, 0.25) is 0 Å². The van der Waals surface area contributed by atoms with Crippen LogP contribution in [0.5, 0.6) is 0 Å². The number of amidine groups is 1. The van der Waals surface area contributed by atoms with Crippen LogP contribution >= 0.6 is 11.8 Å². The normalized spacial score (nSPS) is 18.6. The Morgan fingerprint density at radius 1 is 1.08 bits per heavy atom. The van der Waals surface area contributed by atoms with Gasteiger partial charge in [-0.1, -0.05) is 12.1 Å². The van der Waals surface area contributed by atoms with Crippen molar-refractivity contribution in [2.75, 3.05) is 39.5 Å². The second-order valence-corrected chi connectivity index (χ2v) is 12.3. The summed E-state index contributed by atoms with van der Waals surface area (Å²) in [5, 5.41) is 5.65. The van der Waals surface area contributed by atoms with Crippen molar-refractivity contribution in [3.05, 3.63) is 64.2 Å². The number of nitrogens with zero attached hydrogens (tertiary/aromatic N) is 5. The Balaban J connectivity index is 1.38. The van der Waals surface area contributed by atoms with Gasteiger partial charge >= 0.3 is 6.18 Å². The van der Waals surface area contributed by atoms with Crippen LogP contribution in [0.25, 0.3) is 17.0 Å². The van der Waals surface area contributed by atoms with E-state index in [1.54, 1.807) is 24.4 Å². The van der Waals surface area contributed by atoms with Crippen molar-refractivity contribution in [3.63, 3.8) is 0 Å². The van der Waals surface area contributed by atoms with E-state index < -0.39 is 26.5 Å². The molecule has 0 spiro atoms. The Morgan fingerprint density at radius 2 is 1.82 bits per heavy atom. The Kier molecular flexibility index (Phi) is 6.86. The molecule has 200 valence electrons. The fraction of sp³-hybridized carbons (Fsp3) is 0.320. The summed E-state index contributed by atoms with van der Waals surface area (Å²) in [6.45, 7) is 3.22. The van der Waals surface area contributed by atoms with E-state index in [-0.39, 0.29) is 18.0 Å². The highest BCUT2D eigenvalue weighted by molar-refractivity contribution is 8.18. The number of rotatable bonds is 4. The number of carbonyl (C=O) groups excluding carboxylic acids is 1. The molecule has 1 aromatic heterocycles. The van der Waals surface area contributed by atoms with Crippen molar-refractivity contribution in [2.24, 2.45) is 4.99 Å². The average Bonchev–Trinajstić information content (AvgIpc) is 3.41. The Hall–Kier alpha value is -3.16. The third-order valence-corrected chi connectivity index (χ3v) is 8.64. The second-order valence-electron chi connectivity index (χ2n) is 9.31. The zero-order valence-electron chi connectivity index (χ0n) is 20.6. The van der Waals surface area contributed by atoms with E-state index in [1.165, 1.54) is 28.6 Å². The minimum Gasteiger partial charge on any atom is -0.348 e. The Labute approximate surface area is 221 Å². The zero-order chi connectivity index (χ0) is 27.2. The molecule has 0 bridgehead atoms. The van der Waals surface area contributed by atoms with Crippen LogP contribution in [0, 0.1) is 0 Å². The molecule has 8 nitrogen and oxygen atoms in total. The highest BCUT2D eigenvalue weighted by Crippen LogP contribution is 2.35. The number of halogens is 3. The summed E-state index contributed by atoms with van der Waals surface area (Å²) in [6, 6.07) is 8.32. The predicted molar refractivity (Wildman–Crippen MR) is 140 cm³/mol. The second kappa shape index (κ2) is 9.86. The van der Waals surface area contributed by atoms with Crippen LogP contribution in [-0.4, -0.2) is 78.6 Å². The molecule has 0 radical (unpaired) electrons. The van der Waals surface area contributed by atoms with Gasteiger partial charge in [-0.15, -0.1) is 0 Å². The number of aliphatic imine (C=N–C) groups is 1. The van der Waals surface area contributed by atoms with Crippen molar-refractivity contribution < 1.29 is 26.4 Å². The van der Waals surface area contributed by atoms with Gasteiger partial charge in [0.05, 0.1) is 33.6 Å². The fourth-order valence-corrected chi connectivity index (χ4v) is 5.97. The molecule has 1 amide bonds. The molecule has 0 saturated carbocycles. The summed E-state index contributed by atoms with van der Waals surface area (Å²) in [5.74, 6) is -0.294. The molecule has 3 heterocycles. The van der Waals surface area contributed by atoms with Gasteiger partial charge in [-0.05, 0) is 60.3 Å². The smallest absolute Gasteiger partial charge is 0.348 e. The number of thioether (sulfide) groups is 1. The fourth-order valence-electron chi connectivity index (χ4n) is 4.35. The van der Waals surface area contributed by atoms with Crippen LogP contribution in [0.15, 0.2) is 57.4 Å². The third kappa shape index (κ3) is 5.49. The summed E-state index contributed by atoms with van der Waals surface area (Å²) in [4.78, 5) is 21.2. The number of fused-ring (bicyclic) bond motifs is 1. The van der Waals surface area contributed by atoms with Crippen molar-refractivity contribution in [3.8, 4) is 0 Å². The highest BCUT2D eigenvalue weighted by atomic mass is 32.2. The molecule has 0 unspecified atom stereocenters. The lowest BCUT2D eigenvalue weighted by molar-refractivity contribution is -0.138. The van der Waals surface area contributed by atoms with Gasteiger partial charge < -0.3 is 9.80 Å². The molecular weight excluding hydrogens is 539 g/mol. The molecule has 2 aliphatic rings. The number of benzene rings is 2. The summed E-state index contributed by atoms with van der Waals surface area (Å²) in [7, 11) is -1.74. The van der Waals surface area contributed by atoms with Gasteiger partial charge in [-0.25, -0.2) is 8.42 Å². The van der Waals surface area contributed by atoms with Crippen LogP contribution in [0.3, 0.4) is 0 Å². The summed E-state index contributed by atoms with van der Waals surface area (Å²) in [6.07, 6.45) is -0.560. The maximum absolute atomic E-state index is 13.7. The van der Waals surface area contributed by atoms with Crippen LogP contribution in [0.2, 0.25) is 0 Å².